The summed E-state index contributed by atoms with van der Waals surface area (Å²) in [5.41, 5.74) is 0.734. The smallest absolute Gasteiger partial charge is 0.404 e. The molecule has 2 nitrogen and oxygen atoms in total. The number of hydrogen-bond donors (Lipinski definition) is 0. The Hall–Kier alpha value is -2.01. The van der Waals surface area contributed by atoms with E-state index < -0.39 is 12.2 Å². The molecule has 1 heterocycles. The number of hydrogen-bond acceptors (Lipinski definition) is 2. The Balaban J connectivity index is 1.48. The molecule has 0 saturated carbocycles. The molecule has 0 aliphatic carbocycles. The van der Waals surface area contributed by atoms with Gasteiger partial charge in [-0.25, -0.2) is 0 Å². The quantitative estimate of drug-likeness (QED) is 0.646. The lowest BCUT2D eigenvalue weighted by Crippen LogP contribution is -2.50. The molecule has 0 spiro atoms. The average Bonchev–Trinajstić information content (AvgIpc) is 2.68. The summed E-state index contributed by atoms with van der Waals surface area (Å²) in [6.07, 6.45) is -1.72. The summed E-state index contributed by atoms with van der Waals surface area (Å²) < 4.78 is 46.6. The van der Waals surface area contributed by atoms with Gasteiger partial charge in [0.2, 0.25) is 0 Å². The normalized spacial score (nSPS) is 17.6. The Morgan fingerprint density at radius 2 is 1.52 bits per heavy atom. The second-order valence-corrected chi connectivity index (χ2v) is 7.18. The van der Waals surface area contributed by atoms with Crippen molar-refractivity contribution in [2.45, 2.75) is 37.9 Å². The maximum Gasteiger partial charge on any atom is 0.404 e. The molecule has 0 bridgehead atoms. The van der Waals surface area contributed by atoms with Crippen molar-refractivity contribution in [1.82, 2.24) is 4.90 Å². The van der Waals surface area contributed by atoms with E-state index in [1.54, 1.807) is 29.2 Å². The van der Waals surface area contributed by atoms with Gasteiger partial charge in [-0.05, 0) is 62.4 Å². The third kappa shape index (κ3) is 5.99. The Morgan fingerprint density at radius 3 is 2.11 bits per heavy atom. The molecule has 0 N–H and O–H groups in total. The van der Waals surface area contributed by atoms with Crippen LogP contribution in [-0.2, 0) is 6.42 Å². The van der Waals surface area contributed by atoms with Gasteiger partial charge in [-0.1, -0.05) is 48.5 Å². The fraction of sp³-hybridized carbons (Fsp3) is 0.455. The first kappa shape index (κ1) is 19.7. The van der Waals surface area contributed by atoms with Gasteiger partial charge in [-0.2, -0.15) is 13.2 Å². The van der Waals surface area contributed by atoms with E-state index in [-0.39, 0.29) is 6.42 Å². The van der Waals surface area contributed by atoms with Crippen molar-refractivity contribution in [2.24, 2.45) is 5.92 Å². The first-order chi connectivity index (χ1) is 13.0. The number of benzene rings is 2. The van der Waals surface area contributed by atoms with Gasteiger partial charge in [0.05, 0.1) is 6.61 Å². The zero-order valence-corrected chi connectivity index (χ0v) is 15.4. The summed E-state index contributed by atoms with van der Waals surface area (Å²) in [5, 5.41) is 0. The molecule has 1 fully saturated rings. The molecule has 3 rings (SSSR count). The third-order valence-corrected chi connectivity index (χ3v) is 5.28. The molecule has 1 saturated heterocycles. The number of para-hydroxylation sites is 1. The zero-order valence-electron chi connectivity index (χ0n) is 15.4. The SMILES string of the molecule is FC(F)(F)C(Cc1ccccc1)N1CCC(CCOc2ccccc2)CC1. The molecule has 0 amide bonds. The molecule has 1 aliphatic heterocycles. The first-order valence-corrected chi connectivity index (χ1v) is 9.55. The van der Waals surface area contributed by atoms with Crippen LogP contribution in [-0.4, -0.2) is 36.8 Å². The fourth-order valence-corrected chi connectivity index (χ4v) is 3.70. The standard InChI is InChI=1S/C22H26F3NO/c23-22(24,25)21(17-19-7-3-1-4-8-19)26-14-11-18(12-15-26)13-16-27-20-9-5-2-6-10-20/h1-10,18,21H,11-17H2. The second kappa shape index (κ2) is 9.27. The Bertz CT molecular complexity index is 667. The van der Waals surface area contributed by atoms with E-state index in [9.17, 15) is 13.2 Å². The van der Waals surface area contributed by atoms with Gasteiger partial charge in [-0.15, -0.1) is 0 Å². The molecule has 0 aromatic heterocycles. The highest BCUT2D eigenvalue weighted by Crippen LogP contribution is 2.31. The van der Waals surface area contributed by atoms with Crippen molar-refractivity contribution in [3.05, 3.63) is 66.2 Å². The maximum absolute atomic E-state index is 13.6. The van der Waals surface area contributed by atoms with Gasteiger partial charge in [-0.3, -0.25) is 4.90 Å². The third-order valence-electron chi connectivity index (χ3n) is 5.28. The molecule has 1 aliphatic rings. The number of nitrogens with zero attached hydrogens (tertiary/aromatic N) is 1. The maximum atomic E-state index is 13.6. The highest BCUT2D eigenvalue weighted by Gasteiger charge is 2.44. The largest absolute Gasteiger partial charge is 0.494 e. The van der Waals surface area contributed by atoms with Crippen molar-refractivity contribution in [3.8, 4) is 5.75 Å². The number of ether oxygens (including phenoxy) is 1. The fourth-order valence-electron chi connectivity index (χ4n) is 3.70. The van der Waals surface area contributed by atoms with Crippen molar-refractivity contribution >= 4 is 0 Å². The second-order valence-electron chi connectivity index (χ2n) is 7.18. The Labute approximate surface area is 159 Å². The zero-order chi connectivity index (χ0) is 19.1. The average molecular weight is 377 g/mol. The molecule has 1 unspecified atom stereocenters. The van der Waals surface area contributed by atoms with Crippen LogP contribution in [0.2, 0.25) is 0 Å². The molecular formula is C22H26F3NO. The summed E-state index contributed by atoms with van der Waals surface area (Å²) >= 11 is 0. The Kier molecular flexibility index (Phi) is 6.78. The lowest BCUT2D eigenvalue weighted by atomic mass is 9.92. The van der Waals surface area contributed by atoms with Gasteiger partial charge < -0.3 is 4.74 Å². The predicted molar refractivity (Wildman–Crippen MR) is 101 cm³/mol. The van der Waals surface area contributed by atoms with Crippen LogP contribution in [0, 0.1) is 5.92 Å². The van der Waals surface area contributed by atoms with Crippen LogP contribution >= 0.6 is 0 Å². The van der Waals surface area contributed by atoms with Crippen molar-refractivity contribution in [1.29, 1.82) is 0 Å². The molecule has 2 aromatic rings. The van der Waals surface area contributed by atoms with E-state index in [0.717, 1.165) is 30.6 Å². The molecule has 5 heteroatoms. The van der Waals surface area contributed by atoms with Gasteiger partial charge in [0, 0.05) is 0 Å². The monoisotopic (exact) mass is 377 g/mol. The molecule has 27 heavy (non-hydrogen) atoms. The highest BCUT2D eigenvalue weighted by atomic mass is 19.4. The highest BCUT2D eigenvalue weighted by molar-refractivity contribution is 5.20. The summed E-state index contributed by atoms with van der Waals surface area (Å²) in [7, 11) is 0. The summed E-state index contributed by atoms with van der Waals surface area (Å²) in [6.45, 7) is 1.60. The minimum absolute atomic E-state index is 0.0200. The van der Waals surface area contributed by atoms with E-state index in [1.165, 1.54) is 0 Å². The number of alkyl halides is 3. The first-order valence-electron chi connectivity index (χ1n) is 9.55. The van der Waals surface area contributed by atoms with Crippen molar-refractivity contribution < 1.29 is 17.9 Å². The minimum Gasteiger partial charge on any atom is -0.494 e. The topological polar surface area (TPSA) is 12.5 Å². The van der Waals surface area contributed by atoms with Crippen molar-refractivity contribution in [2.75, 3.05) is 19.7 Å². The summed E-state index contributed by atoms with van der Waals surface area (Å²) in [6, 6.07) is 17.2. The van der Waals surface area contributed by atoms with E-state index in [2.05, 4.69) is 0 Å². The van der Waals surface area contributed by atoms with E-state index >= 15 is 0 Å². The van der Waals surface area contributed by atoms with Crippen LogP contribution in [0.3, 0.4) is 0 Å². The molecule has 0 radical (unpaired) electrons. The Morgan fingerprint density at radius 1 is 0.926 bits per heavy atom. The number of piperidine rings is 1. The van der Waals surface area contributed by atoms with Gasteiger partial charge in [0.15, 0.2) is 0 Å². The van der Waals surface area contributed by atoms with E-state index in [0.29, 0.717) is 25.6 Å². The van der Waals surface area contributed by atoms with Crippen LogP contribution < -0.4 is 4.74 Å². The van der Waals surface area contributed by atoms with E-state index in [1.807, 2.05) is 36.4 Å². The molecule has 2 aromatic carbocycles. The number of likely N-dealkylation sites (tertiary alicyclic amines) is 1. The van der Waals surface area contributed by atoms with Crippen LogP contribution in [0.4, 0.5) is 13.2 Å². The number of halogens is 3. The van der Waals surface area contributed by atoms with Gasteiger partial charge >= 0.3 is 6.18 Å². The predicted octanol–water partition coefficient (Wildman–Crippen LogP) is 5.34. The van der Waals surface area contributed by atoms with Crippen LogP contribution in [0.15, 0.2) is 60.7 Å². The summed E-state index contributed by atoms with van der Waals surface area (Å²) in [5.74, 6) is 1.27. The van der Waals surface area contributed by atoms with Gasteiger partial charge in [0.25, 0.3) is 0 Å². The molecular weight excluding hydrogens is 351 g/mol. The number of rotatable bonds is 7. The summed E-state index contributed by atoms with van der Waals surface area (Å²) in [4.78, 5) is 1.61. The van der Waals surface area contributed by atoms with Crippen LogP contribution in [0.25, 0.3) is 0 Å². The van der Waals surface area contributed by atoms with Crippen LogP contribution in [0.5, 0.6) is 5.75 Å². The molecule has 146 valence electrons. The van der Waals surface area contributed by atoms with Crippen LogP contribution in [0.1, 0.15) is 24.8 Å². The van der Waals surface area contributed by atoms with Gasteiger partial charge in [0.1, 0.15) is 11.8 Å². The lowest BCUT2D eigenvalue weighted by Gasteiger charge is -2.38. The van der Waals surface area contributed by atoms with E-state index in [4.69, 9.17) is 4.74 Å². The minimum atomic E-state index is -4.21. The van der Waals surface area contributed by atoms with Crippen molar-refractivity contribution in [3.63, 3.8) is 0 Å². The molecule has 1 atom stereocenters. The lowest BCUT2D eigenvalue weighted by molar-refractivity contribution is -0.187.